The minimum atomic E-state index is -0.643. The first-order valence-corrected chi connectivity index (χ1v) is 8.98. The predicted molar refractivity (Wildman–Crippen MR) is 94.4 cm³/mol. The average Bonchev–Trinajstić information content (AvgIpc) is 2.93. The normalized spacial score (nSPS) is 20.2. The lowest BCUT2D eigenvalue weighted by molar-refractivity contribution is -0.123. The molecule has 5 nitrogen and oxygen atoms in total. The van der Waals surface area contributed by atoms with Crippen LogP contribution in [0, 0.1) is 18.6 Å². The number of rotatable bonds is 6. The van der Waals surface area contributed by atoms with Crippen molar-refractivity contribution in [3.63, 3.8) is 0 Å². The maximum Gasteiger partial charge on any atom is 0.220 e. The largest absolute Gasteiger partial charge is 0.348 e. The number of aryl methyl sites for hydroxylation is 1. The second-order valence-corrected chi connectivity index (χ2v) is 6.75. The van der Waals surface area contributed by atoms with Gasteiger partial charge in [0.25, 0.3) is 0 Å². The molecule has 1 aromatic heterocycles. The highest BCUT2D eigenvalue weighted by atomic mass is 19.1. The molecule has 7 heteroatoms. The van der Waals surface area contributed by atoms with E-state index in [1.165, 1.54) is 12.1 Å². The number of nitrogens with one attached hydrogen (secondary N) is 2. The first kappa shape index (κ1) is 18.5. The quantitative estimate of drug-likeness (QED) is 0.831. The number of carbonyl (C=O) groups is 1. The molecule has 2 aromatic rings. The molecule has 1 saturated heterocycles. The second-order valence-electron chi connectivity index (χ2n) is 6.75. The van der Waals surface area contributed by atoms with Crippen molar-refractivity contribution in [1.82, 2.24) is 20.4 Å². The summed E-state index contributed by atoms with van der Waals surface area (Å²) in [7, 11) is 0. The van der Waals surface area contributed by atoms with Crippen molar-refractivity contribution in [2.45, 2.75) is 58.3 Å². The number of nitrogens with zero attached hydrogens (tertiary/aromatic N) is 2. The number of hydrogen-bond donors (Lipinski definition) is 2. The van der Waals surface area contributed by atoms with Crippen molar-refractivity contribution in [1.29, 1.82) is 0 Å². The van der Waals surface area contributed by atoms with E-state index < -0.39 is 17.7 Å². The van der Waals surface area contributed by atoms with Gasteiger partial charge in [-0.05, 0) is 37.5 Å². The Bertz CT molecular complexity index is 770. The molecule has 1 aromatic carbocycles. The van der Waals surface area contributed by atoms with E-state index in [2.05, 4.69) is 22.7 Å². The van der Waals surface area contributed by atoms with Crippen LogP contribution in [-0.2, 0) is 17.9 Å². The van der Waals surface area contributed by atoms with E-state index in [-0.39, 0.29) is 11.9 Å². The highest BCUT2D eigenvalue weighted by molar-refractivity contribution is 5.77. The predicted octanol–water partition coefficient (Wildman–Crippen LogP) is 2.99. The molecule has 1 aliphatic heterocycles. The van der Waals surface area contributed by atoms with Gasteiger partial charge in [0.1, 0.15) is 11.6 Å². The maximum atomic E-state index is 13.6. The van der Waals surface area contributed by atoms with E-state index in [0.717, 1.165) is 30.3 Å². The fourth-order valence-electron chi connectivity index (χ4n) is 3.43. The SMILES string of the molecule is CCCn1ncc(CN[C@@H]2CCC(=O)N[C@H]2c2cc(F)cc(F)c2)c1C. The standard InChI is InChI=1S/C19H24F2N4O/c1-3-6-25-12(2)14(11-23-25)10-22-17-4-5-18(26)24-19(17)13-7-15(20)9-16(21)8-13/h7-9,11,17,19,22H,3-6,10H2,1-2H3,(H,24,26)/t17-,19+/m1/s1. The Hall–Kier alpha value is -2.28. The Morgan fingerprint density at radius 2 is 2.04 bits per heavy atom. The summed E-state index contributed by atoms with van der Waals surface area (Å²) in [4.78, 5) is 11.8. The van der Waals surface area contributed by atoms with Gasteiger partial charge >= 0.3 is 0 Å². The van der Waals surface area contributed by atoms with E-state index in [4.69, 9.17) is 0 Å². The van der Waals surface area contributed by atoms with Crippen LogP contribution < -0.4 is 10.6 Å². The van der Waals surface area contributed by atoms with Crippen LogP contribution in [0.2, 0.25) is 0 Å². The Morgan fingerprint density at radius 1 is 1.31 bits per heavy atom. The van der Waals surface area contributed by atoms with Crippen LogP contribution in [-0.4, -0.2) is 21.7 Å². The Kier molecular flexibility index (Phi) is 5.66. The minimum absolute atomic E-state index is 0.107. The number of halogens is 2. The van der Waals surface area contributed by atoms with Crippen molar-refractivity contribution in [3.8, 4) is 0 Å². The third-order valence-electron chi connectivity index (χ3n) is 4.84. The first-order chi connectivity index (χ1) is 12.5. The summed E-state index contributed by atoms with van der Waals surface area (Å²) >= 11 is 0. The fraction of sp³-hybridized carbons (Fsp3) is 0.474. The van der Waals surface area contributed by atoms with Crippen molar-refractivity contribution < 1.29 is 13.6 Å². The van der Waals surface area contributed by atoms with Crippen LogP contribution in [0.3, 0.4) is 0 Å². The lowest BCUT2D eigenvalue weighted by atomic mass is 9.91. The monoisotopic (exact) mass is 362 g/mol. The van der Waals surface area contributed by atoms with Gasteiger partial charge in [-0.1, -0.05) is 6.92 Å². The molecule has 0 aliphatic carbocycles. The topological polar surface area (TPSA) is 59.0 Å². The smallest absolute Gasteiger partial charge is 0.220 e. The average molecular weight is 362 g/mol. The van der Waals surface area contributed by atoms with Gasteiger partial charge in [0.2, 0.25) is 5.91 Å². The Labute approximate surface area is 151 Å². The Morgan fingerprint density at radius 3 is 2.73 bits per heavy atom. The van der Waals surface area contributed by atoms with Crippen molar-refractivity contribution >= 4 is 5.91 Å². The number of benzene rings is 1. The third-order valence-corrected chi connectivity index (χ3v) is 4.84. The summed E-state index contributed by atoms with van der Waals surface area (Å²) in [5, 5.41) is 10.7. The van der Waals surface area contributed by atoms with E-state index >= 15 is 0 Å². The lowest BCUT2D eigenvalue weighted by Crippen LogP contribution is -2.48. The third kappa shape index (κ3) is 4.09. The zero-order valence-electron chi connectivity index (χ0n) is 15.1. The maximum absolute atomic E-state index is 13.6. The summed E-state index contributed by atoms with van der Waals surface area (Å²) in [6.45, 7) is 5.59. The number of hydrogen-bond acceptors (Lipinski definition) is 3. The first-order valence-electron chi connectivity index (χ1n) is 8.98. The number of amides is 1. The molecule has 0 radical (unpaired) electrons. The van der Waals surface area contributed by atoms with E-state index in [1.54, 1.807) is 0 Å². The molecule has 140 valence electrons. The van der Waals surface area contributed by atoms with Gasteiger partial charge in [-0.15, -0.1) is 0 Å². The molecule has 2 heterocycles. The second kappa shape index (κ2) is 7.95. The van der Waals surface area contributed by atoms with E-state index in [9.17, 15) is 13.6 Å². The Balaban J connectivity index is 1.75. The van der Waals surface area contributed by atoms with Gasteiger partial charge in [0, 0.05) is 42.9 Å². The van der Waals surface area contributed by atoms with Gasteiger partial charge in [0.05, 0.1) is 12.2 Å². The van der Waals surface area contributed by atoms with E-state index in [1.807, 2.05) is 17.8 Å². The number of piperidine rings is 1. The number of aromatic nitrogens is 2. The summed E-state index contributed by atoms with van der Waals surface area (Å²) in [5.74, 6) is -1.39. The van der Waals surface area contributed by atoms with Crippen molar-refractivity contribution in [2.75, 3.05) is 0 Å². The summed E-state index contributed by atoms with van der Waals surface area (Å²) in [6, 6.07) is 2.81. The summed E-state index contributed by atoms with van der Waals surface area (Å²) in [5.41, 5.74) is 2.62. The molecule has 0 bridgehead atoms. The molecule has 0 unspecified atom stereocenters. The van der Waals surface area contributed by atoms with Crippen molar-refractivity contribution in [2.24, 2.45) is 0 Å². The molecule has 26 heavy (non-hydrogen) atoms. The van der Waals surface area contributed by atoms with Crippen LogP contribution in [0.1, 0.15) is 49.0 Å². The zero-order valence-corrected chi connectivity index (χ0v) is 15.1. The van der Waals surface area contributed by atoms with Gasteiger partial charge in [-0.2, -0.15) is 5.10 Å². The molecule has 1 amide bonds. The molecule has 2 N–H and O–H groups in total. The molecule has 1 aliphatic rings. The highest BCUT2D eigenvalue weighted by Gasteiger charge is 2.30. The van der Waals surface area contributed by atoms with Crippen LogP contribution >= 0.6 is 0 Å². The van der Waals surface area contributed by atoms with Crippen LogP contribution in [0.25, 0.3) is 0 Å². The van der Waals surface area contributed by atoms with Gasteiger partial charge < -0.3 is 10.6 Å². The minimum Gasteiger partial charge on any atom is -0.348 e. The summed E-state index contributed by atoms with van der Waals surface area (Å²) in [6.07, 6.45) is 3.85. The lowest BCUT2D eigenvalue weighted by Gasteiger charge is -2.33. The fourth-order valence-corrected chi connectivity index (χ4v) is 3.43. The van der Waals surface area contributed by atoms with Gasteiger partial charge in [-0.25, -0.2) is 8.78 Å². The molecule has 0 spiro atoms. The van der Waals surface area contributed by atoms with Crippen LogP contribution in [0.5, 0.6) is 0 Å². The van der Waals surface area contributed by atoms with Gasteiger partial charge in [0.15, 0.2) is 0 Å². The molecule has 2 atom stereocenters. The molecular formula is C19H24F2N4O. The van der Waals surface area contributed by atoms with E-state index in [0.29, 0.717) is 24.9 Å². The van der Waals surface area contributed by atoms with Crippen molar-refractivity contribution in [3.05, 3.63) is 52.9 Å². The highest BCUT2D eigenvalue weighted by Crippen LogP contribution is 2.26. The van der Waals surface area contributed by atoms with Crippen LogP contribution in [0.4, 0.5) is 8.78 Å². The molecule has 3 rings (SSSR count). The number of carbonyl (C=O) groups excluding carboxylic acids is 1. The molecule has 0 saturated carbocycles. The van der Waals surface area contributed by atoms with Crippen LogP contribution in [0.15, 0.2) is 24.4 Å². The molecule has 1 fully saturated rings. The molecular weight excluding hydrogens is 338 g/mol. The van der Waals surface area contributed by atoms with Gasteiger partial charge in [-0.3, -0.25) is 9.48 Å². The zero-order chi connectivity index (χ0) is 18.7. The summed E-state index contributed by atoms with van der Waals surface area (Å²) < 4.78 is 29.2.